The van der Waals surface area contributed by atoms with E-state index in [2.05, 4.69) is 9.79 Å². The number of rotatable bonds is 2. The zero-order valence-electron chi connectivity index (χ0n) is 8.75. The van der Waals surface area contributed by atoms with Crippen molar-refractivity contribution in [2.75, 3.05) is 24.7 Å². The SMILES string of the molecule is CC(=O)OC1CN([n+]2cc(=N)o[n-]2)CCO1. The first-order chi connectivity index (χ1) is 7.65. The molecule has 2 rings (SSSR count). The minimum absolute atomic E-state index is 0.0319. The van der Waals surface area contributed by atoms with Gasteiger partial charge >= 0.3 is 5.97 Å². The summed E-state index contributed by atoms with van der Waals surface area (Å²) in [6.07, 6.45) is 0.820. The molecule has 1 saturated heterocycles. The van der Waals surface area contributed by atoms with Crippen LogP contribution in [-0.4, -0.2) is 32.0 Å². The molecule has 16 heavy (non-hydrogen) atoms. The molecule has 0 amide bonds. The van der Waals surface area contributed by atoms with Gasteiger partial charge in [0.2, 0.25) is 6.29 Å². The smallest absolute Gasteiger partial charge is 0.304 e. The van der Waals surface area contributed by atoms with Gasteiger partial charge in [0.1, 0.15) is 0 Å². The number of esters is 1. The fraction of sp³-hybridized carbons (Fsp3) is 0.625. The third-order valence-electron chi connectivity index (χ3n) is 2.06. The third-order valence-corrected chi connectivity index (χ3v) is 2.06. The molecule has 0 radical (unpaired) electrons. The van der Waals surface area contributed by atoms with Crippen molar-refractivity contribution in [3.8, 4) is 0 Å². The molecule has 2 heterocycles. The second-order valence-corrected chi connectivity index (χ2v) is 3.31. The molecule has 88 valence electrons. The van der Waals surface area contributed by atoms with Crippen LogP contribution in [0, 0.1) is 5.41 Å². The van der Waals surface area contributed by atoms with Gasteiger partial charge in [-0.1, -0.05) is 4.79 Å². The van der Waals surface area contributed by atoms with Crippen molar-refractivity contribution in [1.29, 1.82) is 5.41 Å². The van der Waals surface area contributed by atoms with Crippen molar-refractivity contribution in [1.82, 2.24) is 5.27 Å². The second-order valence-electron chi connectivity index (χ2n) is 3.31. The van der Waals surface area contributed by atoms with E-state index in [0.29, 0.717) is 19.7 Å². The van der Waals surface area contributed by atoms with Crippen molar-refractivity contribution in [3.05, 3.63) is 11.8 Å². The van der Waals surface area contributed by atoms with E-state index < -0.39 is 12.3 Å². The highest BCUT2D eigenvalue weighted by molar-refractivity contribution is 5.66. The van der Waals surface area contributed by atoms with Crippen LogP contribution in [0.15, 0.2) is 10.7 Å². The maximum atomic E-state index is 10.8. The van der Waals surface area contributed by atoms with Crippen LogP contribution < -0.4 is 20.6 Å². The molecule has 8 nitrogen and oxygen atoms in total. The summed E-state index contributed by atoms with van der Waals surface area (Å²) in [4.78, 5) is 12.2. The quantitative estimate of drug-likeness (QED) is 0.458. The van der Waals surface area contributed by atoms with Gasteiger partial charge in [0, 0.05) is 13.5 Å². The Morgan fingerprint density at radius 1 is 1.81 bits per heavy atom. The Labute approximate surface area is 90.8 Å². The number of carbonyl (C=O) groups is 1. The van der Waals surface area contributed by atoms with Crippen molar-refractivity contribution >= 4 is 5.97 Å². The Hall–Kier alpha value is -1.83. The van der Waals surface area contributed by atoms with E-state index in [0.717, 1.165) is 0 Å². The number of morpholine rings is 1. The summed E-state index contributed by atoms with van der Waals surface area (Å²) in [6, 6.07) is 0. The van der Waals surface area contributed by atoms with Crippen LogP contribution in [-0.2, 0) is 14.3 Å². The Morgan fingerprint density at radius 2 is 2.62 bits per heavy atom. The van der Waals surface area contributed by atoms with Crippen molar-refractivity contribution in [2.45, 2.75) is 13.2 Å². The van der Waals surface area contributed by atoms with Crippen LogP contribution in [0.1, 0.15) is 6.92 Å². The van der Waals surface area contributed by atoms with Crippen LogP contribution in [0.3, 0.4) is 0 Å². The van der Waals surface area contributed by atoms with Crippen LogP contribution in [0.5, 0.6) is 0 Å². The molecule has 8 heteroatoms. The zero-order valence-corrected chi connectivity index (χ0v) is 8.75. The molecule has 1 unspecified atom stereocenters. The monoisotopic (exact) mass is 228 g/mol. The first kappa shape index (κ1) is 10.7. The number of carbonyl (C=O) groups excluding carboxylic acids is 1. The highest BCUT2D eigenvalue weighted by Crippen LogP contribution is 2.02. The number of ether oxygens (including phenoxy) is 2. The van der Waals surface area contributed by atoms with Gasteiger partial charge in [0.15, 0.2) is 0 Å². The summed E-state index contributed by atoms with van der Waals surface area (Å²) >= 11 is 0. The highest BCUT2D eigenvalue weighted by atomic mass is 16.7. The molecular weight excluding hydrogens is 216 g/mol. The summed E-state index contributed by atoms with van der Waals surface area (Å²) in [5, 5.41) is 12.6. The molecule has 1 aliphatic heterocycles. The third kappa shape index (κ3) is 2.40. The van der Waals surface area contributed by atoms with E-state index in [1.165, 1.54) is 17.9 Å². The molecule has 0 spiro atoms. The first-order valence-corrected chi connectivity index (χ1v) is 4.79. The zero-order chi connectivity index (χ0) is 11.5. The maximum absolute atomic E-state index is 10.8. The Morgan fingerprint density at radius 3 is 3.25 bits per heavy atom. The molecule has 0 bridgehead atoms. The summed E-state index contributed by atoms with van der Waals surface area (Å²) in [6.45, 7) is 2.70. The number of hydrogen-bond donors (Lipinski definition) is 1. The number of nitrogens with zero attached hydrogens (tertiary/aromatic N) is 3. The van der Waals surface area contributed by atoms with Crippen LogP contribution in [0.2, 0.25) is 0 Å². The number of nitrogens with one attached hydrogen (secondary N) is 1. The fourth-order valence-electron chi connectivity index (χ4n) is 1.42. The molecular formula is C8H12N4O4. The number of aromatic nitrogens is 2. The van der Waals surface area contributed by atoms with Gasteiger partial charge in [-0.05, 0) is 5.27 Å². The average Bonchev–Trinajstić information content (AvgIpc) is 2.64. The molecule has 1 aliphatic rings. The van der Waals surface area contributed by atoms with E-state index in [1.54, 1.807) is 5.01 Å². The van der Waals surface area contributed by atoms with Crippen molar-refractivity contribution in [2.24, 2.45) is 0 Å². The molecule has 1 aromatic heterocycles. The predicted octanol–water partition coefficient (Wildman–Crippen LogP) is -2.14. The van der Waals surface area contributed by atoms with E-state index >= 15 is 0 Å². The molecule has 1 N–H and O–H groups in total. The molecule has 0 saturated carbocycles. The van der Waals surface area contributed by atoms with Crippen LogP contribution in [0.25, 0.3) is 0 Å². The minimum Gasteiger partial charge on any atom is -0.436 e. The predicted molar refractivity (Wildman–Crippen MR) is 47.5 cm³/mol. The van der Waals surface area contributed by atoms with E-state index in [-0.39, 0.29) is 5.55 Å². The van der Waals surface area contributed by atoms with Gasteiger partial charge in [0.05, 0.1) is 13.2 Å². The Bertz CT molecular complexity index is 426. The van der Waals surface area contributed by atoms with Crippen LogP contribution >= 0.6 is 0 Å². The molecule has 1 fully saturated rings. The van der Waals surface area contributed by atoms with Crippen molar-refractivity contribution < 1.29 is 23.6 Å². The molecule has 0 aromatic carbocycles. The summed E-state index contributed by atoms with van der Waals surface area (Å²) in [5.74, 6) is -0.391. The van der Waals surface area contributed by atoms with Gasteiger partial charge in [-0.15, -0.1) is 0 Å². The van der Waals surface area contributed by atoms with E-state index in [9.17, 15) is 4.79 Å². The molecule has 1 aromatic rings. The van der Waals surface area contributed by atoms with Gasteiger partial charge in [-0.25, -0.2) is 0 Å². The first-order valence-electron chi connectivity index (χ1n) is 4.79. The maximum Gasteiger partial charge on any atom is 0.304 e. The topological polar surface area (TPSA) is 93.7 Å². The van der Waals surface area contributed by atoms with Crippen molar-refractivity contribution in [3.63, 3.8) is 0 Å². The van der Waals surface area contributed by atoms with Crippen LogP contribution in [0.4, 0.5) is 0 Å². The van der Waals surface area contributed by atoms with Gasteiger partial charge in [-0.2, -0.15) is 0 Å². The average molecular weight is 228 g/mol. The lowest BCUT2D eigenvalue weighted by atomic mass is 10.5. The van der Waals surface area contributed by atoms with Gasteiger partial charge in [-0.3, -0.25) is 15.2 Å². The lowest BCUT2D eigenvalue weighted by Gasteiger charge is -2.32. The molecule has 0 aliphatic carbocycles. The summed E-state index contributed by atoms with van der Waals surface area (Å²) < 4.78 is 14.8. The molecule has 1 atom stereocenters. The number of hydrogen-bond acceptors (Lipinski definition) is 6. The lowest BCUT2D eigenvalue weighted by Crippen LogP contribution is -2.66. The summed E-state index contributed by atoms with van der Waals surface area (Å²) in [5.41, 5.74) is -0.0319. The standard InChI is InChI=1S/C8H12N4O4/c1-6(13)15-8-5-11(2-3-14-8)12-4-7(9)16-10-12/h4,8-9H,2-3,5H2,1H3. The Balaban J connectivity index is 2.01. The van der Waals surface area contributed by atoms with E-state index in [1.807, 2.05) is 0 Å². The lowest BCUT2D eigenvalue weighted by molar-refractivity contribution is -0.766. The highest BCUT2D eigenvalue weighted by Gasteiger charge is 2.23. The van der Waals surface area contributed by atoms with E-state index in [4.69, 9.17) is 14.9 Å². The minimum atomic E-state index is -0.607. The van der Waals surface area contributed by atoms with Gasteiger partial charge < -0.3 is 14.0 Å². The Kier molecular flexibility index (Phi) is 2.91. The largest absolute Gasteiger partial charge is 0.436 e. The summed E-state index contributed by atoms with van der Waals surface area (Å²) in [7, 11) is 0. The fourth-order valence-corrected chi connectivity index (χ4v) is 1.42. The second kappa shape index (κ2) is 4.35. The van der Waals surface area contributed by atoms with Gasteiger partial charge in [0.25, 0.3) is 11.8 Å². The normalized spacial score (nSPS) is 20.8.